The molecular weight excluding hydrogens is 240 g/mol. The Labute approximate surface area is 112 Å². The first-order valence-corrected chi connectivity index (χ1v) is 6.30. The first kappa shape index (κ1) is 13.3. The van der Waals surface area contributed by atoms with E-state index in [4.69, 9.17) is 5.73 Å². The molecule has 1 atom stereocenters. The summed E-state index contributed by atoms with van der Waals surface area (Å²) in [5.74, 6) is 0.000908. The van der Waals surface area contributed by atoms with E-state index in [-0.39, 0.29) is 11.9 Å². The predicted molar refractivity (Wildman–Crippen MR) is 73.0 cm³/mol. The van der Waals surface area contributed by atoms with Crippen molar-refractivity contribution in [3.8, 4) is 0 Å². The maximum absolute atomic E-state index is 11.7. The fraction of sp³-hybridized carbons (Fsp3) is 0.286. The number of carbonyl (C=O) groups is 1. The number of H-pyrrole nitrogens is 1. The summed E-state index contributed by atoms with van der Waals surface area (Å²) in [6.45, 7) is 0.472. The number of aromatic nitrogens is 2. The molecule has 1 aromatic carbocycles. The highest BCUT2D eigenvalue weighted by molar-refractivity contribution is 5.75. The van der Waals surface area contributed by atoms with Gasteiger partial charge in [0.25, 0.3) is 0 Å². The van der Waals surface area contributed by atoms with Crippen LogP contribution < -0.4 is 11.1 Å². The molecule has 1 heterocycles. The Morgan fingerprint density at radius 1 is 1.37 bits per heavy atom. The highest BCUT2D eigenvalue weighted by atomic mass is 16.1. The maximum atomic E-state index is 11.7. The number of hydrogen-bond donors (Lipinski definition) is 3. The van der Waals surface area contributed by atoms with Crippen molar-refractivity contribution in [1.82, 2.24) is 15.3 Å². The summed E-state index contributed by atoms with van der Waals surface area (Å²) in [5, 5.41) is 2.83. The van der Waals surface area contributed by atoms with Gasteiger partial charge < -0.3 is 16.0 Å². The summed E-state index contributed by atoms with van der Waals surface area (Å²) >= 11 is 0. The van der Waals surface area contributed by atoms with Gasteiger partial charge in [0.15, 0.2) is 0 Å². The number of benzene rings is 1. The fourth-order valence-electron chi connectivity index (χ4n) is 1.82. The van der Waals surface area contributed by atoms with E-state index in [1.165, 1.54) is 0 Å². The van der Waals surface area contributed by atoms with Crippen LogP contribution in [0.1, 0.15) is 30.1 Å². The van der Waals surface area contributed by atoms with Gasteiger partial charge in [-0.05, 0) is 12.0 Å². The number of carbonyl (C=O) groups excluding carboxylic acids is 1. The number of rotatable bonds is 6. The lowest BCUT2D eigenvalue weighted by atomic mass is 10.0. The summed E-state index contributed by atoms with van der Waals surface area (Å²) < 4.78 is 0. The average molecular weight is 258 g/mol. The van der Waals surface area contributed by atoms with Crippen molar-refractivity contribution >= 4 is 5.91 Å². The van der Waals surface area contributed by atoms with E-state index in [1.54, 1.807) is 12.5 Å². The molecule has 1 amide bonds. The second-order valence-electron chi connectivity index (χ2n) is 4.41. The second kappa shape index (κ2) is 6.70. The van der Waals surface area contributed by atoms with Crippen LogP contribution in [0.15, 0.2) is 42.9 Å². The van der Waals surface area contributed by atoms with Gasteiger partial charge in [0.05, 0.1) is 18.6 Å². The van der Waals surface area contributed by atoms with Gasteiger partial charge in [0, 0.05) is 18.7 Å². The van der Waals surface area contributed by atoms with Crippen LogP contribution >= 0.6 is 0 Å². The van der Waals surface area contributed by atoms with Crippen LogP contribution in [0.2, 0.25) is 0 Å². The van der Waals surface area contributed by atoms with E-state index >= 15 is 0 Å². The van der Waals surface area contributed by atoms with Crippen LogP contribution in [0, 0.1) is 0 Å². The van der Waals surface area contributed by atoms with Crippen LogP contribution in [0.25, 0.3) is 0 Å². The van der Waals surface area contributed by atoms with Crippen molar-refractivity contribution in [1.29, 1.82) is 0 Å². The second-order valence-corrected chi connectivity index (χ2v) is 4.41. The van der Waals surface area contributed by atoms with Crippen LogP contribution in [0.5, 0.6) is 0 Å². The number of nitrogens with one attached hydrogen (secondary N) is 2. The molecule has 1 unspecified atom stereocenters. The lowest BCUT2D eigenvalue weighted by molar-refractivity contribution is -0.121. The Hall–Kier alpha value is -2.14. The smallest absolute Gasteiger partial charge is 0.220 e. The summed E-state index contributed by atoms with van der Waals surface area (Å²) in [7, 11) is 0. The number of nitrogens with zero attached hydrogens (tertiary/aromatic N) is 1. The van der Waals surface area contributed by atoms with Gasteiger partial charge in [-0.3, -0.25) is 4.79 Å². The topological polar surface area (TPSA) is 83.8 Å². The molecule has 0 fully saturated rings. The molecule has 0 saturated heterocycles. The quantitative estimate of drug-likeness (QED) is 0.734. The molecule has 0 aliphatic heterocycles. The Morgan fingerprint density at radius 2 is 2.16 bits per heavy atom. The van der Waals surface area contributed by atoms with Gasteiger partial charge in [-0.1, -0.05) is 30.3 Å². The normalized spacial score (nSPS) is 12.1. The van der Waals surface area contributed by atoms with Gasteiger partial charge in [0.2, 0.25) is 5.91 Å². The Bertz CT molecular complexity index is 495. The molecule has 1 aromatic heterocycles. The molecule has 19 heavy (non-hydrogen) atoms. The highest BCUT2D eigenvalue weighted by Gasteiger charge is 2.08. The monoisotopic (exact) mass is 258 g/mol. The highest BCUT2D eigenvalue weighted by Crippen LogP contribution is 2.14. The lowest BCUT2D eigenvalue weighted by Crippen LogP contribution is -2.24. The number of hydrogen-bond acceptors (Lipinski definition) is 3. The van der Waals surface area contributed by atoms with Crippen molar-refractivity contribution in [2.45, 2.75) is 25.4 Å². The molecule has 0 spiro atoms. The van der Waals surface area contributed by atoms with Crippen molar-refractivity contribution in [2.24, 2.45) is 5.73 Å². The van der Waals surface area contributed by atoms with Crippen molar-refractivity contribution in [2.75, 3.05) is 0 Å². The number of imidazole rings is 1. The zero-order valence-corrected chi connectivity index (χ0v) is 10.7. The number of nitrogens with two attached hydrogens (primary N) is 1. The van der Waals surface area contributed by atoms with Crippen LogP contribution in [0.4, 0.5) is 0 Å². The standard InChI is InChI=1S/C14H18N4O/c15-13(11-4-2-1-3-5-11)6-7-14(19)17-9-12-8-16-10-18-12/h1-5,8,10,13H,6-7,9,15H2,(H,16,18)(H,17,19). The van der Waals surface area contributed by atoms with Crippen molar-refractivity contribution in [3.05, 3.63) is 54.1 Å². The Balaban J connectivity index is 1.71. The number of amides is 1. The van der Waals surface area contributed by atoms with Crippen LogP contribution in [0.3, 0.4) is 0 Å². The summed E-state index contributed by atoms with van der Waals surface area (Å²) in [6.07, 6.45) is 4.34. The molecule has 0 saturated carbocycles. The van der Waals surface area contributed by atoms with Crippen LogP contribution in [-0.4, -0.2) is 15.9 Å². The van der Waals surface area contributed by atoms with Crippen molar-refractivity contribution in [3.63, 3.8) is 0 Å². The molecule has 2 aromatic rings. The Morgan fingerprint density at radius 3 is 2.84 bits per heavy atom. The van der Waals surface area contributed by atoms with Gasteiger partial charge >= 0.3 is 0 Å². The van der Waals surface area contributed by atoms with E-state index in [0.29, 0.717) is 19.4 Å². The first-order chi connectivity index (χ1) is 9.25. The third kappa shape index (κ3) is 4.22. The minimum atomic E-state index is -0.0981. The van der Waals surface area contributed by atoms with Crippen molar-refractivity contribution < 1.29 is 4.79 Å². The molecule has 100 valence electrons. The molecule has 4 N–H and O–H groups in total. The largest absolute Gasteiger partial charge is 0.350 e. The SMILES string of the molecule is NC(CCC(=O)NCc1cnc[nH]1)c1ccccc1. The molecule has 0 aliphatic carbocycles. The van der Waals surface area contributed by atoms with E-state index in [9.17, 15) is 4.79 Å². The lowest BCUT2D eigenvalue weighted by Gasteiger charge is -2.11. The first-order valence-electron chi connectivity index (χ1n) is 6.30. The molecule has 2 rings (SSSR count). The summed E-state index contributed by atoms with van der Waals surface area (Å²) in [6, 6.07) is 9.72. The maximum Gasteiger partial charge on any atom is 0.220 e. The summed E-state index contributed by atoms with van der Waals surface area (Å²) in [4.78, 5) is 18.5. The van der Waals surface area contributed by atoms with Gasteiger partial charge in [-0.25, -0.2) is 4.98 Å². The molecule has 5 nitrogen and oxygen atoms in total. The van der Waals surface area contributed by atoms with E-state index in [1.807, 2.05) is 30.3 Å². The minimum absolute atomic E-state index is 0.000908. The van der Waals surface area contributed by atoms with E-state index in [2.05, 4.69) is 15.3 Å². The summed E-state index contributed by atoms with van der Waals surface area (Å²) in [5.41, 5.74) is 7.99. The molecule has 0 bridgehead atoms. The third-order valence-electron chi connectivity index (χ3n) is 2.94. The van der Waals surface area contributed by atoms with Gasteiger partial charge in [-0.15, -0.1) is 0 Å². The van der Waals surface area contributed by atoms with Crippen LogP contribution in [-0.2, 0) is 11.3 Å². The molecular formula is C14H18N4O. The van der Waals surface area contributed by atoms with Gasteiger partial charge in [0.1, 0.15) is 0 Å². The average Bonchev–Trinajstić information content (AvgIpc) is 2.96. The van der Waals surface area contributed by atoms with E-state index in [0.717, 1.165) is 11.3 Å². The fourth-order valence-corrected chi connectivity index (χ4v) is 1.82. The molecule has 0 radical (unpaired) electrons. The third-order valence-corrected chi connectivity index (χ3v) is 2.94. The zero-order chi connectivity index (χ0) is 13.5. The molecule has 5 heteroatoms. The Kier molecular flexibility index (Phi) is 4.69. The number of aromatic amines is 1. The minimum Gasteiger partial charge on any atom is -0.350 e. The predicted octanol–water partition coefficient (Wildman–Crippen LogP) is 1.51. The van der Waals surface area contributed by atoms with E-state index < -0.39 is 0 Å². The van der Waals surface area contributed by atoms with Gasteiger partial charge in [-0.2, -0.15) is 0 Å². The molecule has 0 aliphatic rings. The zero-order valence-electron chi connectivity index (χ0n) is 10.7.